The lowest BCUT2D eigenvalue weighted by Crippen LogP contribution is -2.49. The number of nitrogens with zero attached hydrogens (tertiary/aromatic N) is 2. The summed E-state index contributed by atoms with van der Waals surface area (Å²) >= 11 is 0. The van der Waals surface area contributed by atoms with Crippen molar-refractivity contribution in [2.75, 3.05) is 45.5 Å². The van der Waals surface area contributed by atoms with E-state index in [1.807, 2.05) is 6.92 Å². The molecule has 0 spiro atoms. The van der Waals surface area contributed by atoms with E-state index in [9.17, 15) is 13.2 Å². The molecule has 106 valence electrons. The Hall–Kier alpha value is -0.660. The van der Waals surface area contributed by atoms with Crippen molar-refractivity contribution in [2.24, 2.45) is 0 Å². The normalized spacial score (nSPS) is 18.8. The van der Waals surface area contributed by atoms with Crippen LogP contribution in [0.1, 0.15) is 19.8 Å². The zero-order chi connectivity index (χ0) is 13.6. The summed E-state index contributed by atoms with van der Waals surface area (Å²) in [7, 11) is -3.05. The number of hydrogen-bond donors (Lipinski definition) is 1. The third-order valence-corrected chi connectivity index (χ3v) is 4.33. The molecule has 1 saturated heterocycles. The van der Waals surface area contributed by atoms with Crippen molar-refractivity contribution in [3.05, 3.63) is 0 Å². The van der Waals surface area contributed by atoms with Gasteiger partial charge in [0.05, 0.1) is 6.26 Å². The van der Waals surface area contributed by atoms with Gasteiger partial charge in [-0.1, -0.05) is 6.92 Å². The molecule has 1 fully saturated rings. The molecule has 0 aromatic carbocycles. The first-order valence-corrected chi connectivity index (χ1v) is 8.22. The van der Waals surface area contributed by atoms with Crippen LogP contribution in [0.4, 0.5) is 0 Å². The van der Waals surface area contributed by atoms with Crippen LogP contribution in [0.3, 0.4) is 0 Å². The summed E-state index contributed by atoms with van der Waals surface area (Å²) < 4.78 is 24.1. The van der Waals surface area contributed by atoms with Gasteiger partial charge in [-0.3, -0.25) is 9.69 Å². The van der Waals surface area contributed by atoms with E-state index in [-0.39, 0.29) is 5.91 Å². The van der Waals surface area contributed by atoms with Crippen LogP contribution in [0.2, 0.25) is 0 Å². The molecule has 6 nitrogen and oxygen atoms in total. The first-order valence-electron chi connectivity index (χ1n) is 6.37. The zero-order valence-corrected chi connectivity index (χ0v) is 12.0. The number of nitrogens with one attached hydrogen (secondary N) is 1. The fourth-order valence-corrected chi connectivity index (χ4v) is 2.78. The molecule has 1 rings (SSSR count). The summed E-state index contributed by atoms with van der Waals surface area (Å²) in [4.78, 5) is 13.4. The number of carbonyl (C=O) groups is 1. The average Bonchev–Trinajstić information content (AvgIpc) is 2.29. The topological polar surface area (TPSA) is 69.7 Å². The van der Waals surface area contributed by atoms with Gasteiger partial charge >= 0.3 is 0 Å². The second-order valence-electron chi connectivity index (χ2n) is 4.60. The van der Waals surface area contributed by atoms with E-state index in [0.717, 1.165) is 26.1 Å². The predicted octanol–water partition coefficient (Wildman–Crippen LogP) is -0.520. The molecule has 0 saturated carbocycles. The Labute approximate surface area is 109 Å². The number of piperazine rings is 1. The summed E-state index contributed by atoms with van der Waals surface area (Å²) in [6.45, 7) is 5.95. The molecular weight excluding hydrogens is 254 g/mol. The van der Waals surface area contributed by atoms with Crippen molar-refractivity contribution in [2.45, 2.75) is 19.8 Å². The van der Waals surface area contributed by atoms with Crippen LogP contribution in [-0.2, 0) is 14.8 Å². The van der Waals surface area contributed by atoms with Gasteiger partial charge in [0.15, 0.2) is 0 Å². The van der Waals surface area contributed by atoms with E-state index >= 15 is 0 Å². The van der Waals surface area contributed by atoms with Gasteiger partial charge in [-0.25, -0.2) is 8.42 Å². The predicted molar refractivity (Wildman–Crippen MR) is 70.8 cm³/mol. The molecule has 0 aromatic heterocycles. The van der Waals surface area contributed by atoms with Crippen LogP contribution in [-0.4, -0.2) is 69.1 Å². The van der Waals surface area contributed by atoms with Crippen LogP contribution in [0.25, 0.3) is 0 Å². The lowest BCUT2D eigenvalue weighted by Gasteiger charge is -2.33. The highest BCUT2D eigenvalue weighted by molar-refractivity contribution is 7.88. The van der Waals surface area contributed by atoms with E-state index < -0.39 is 10.0 Å². The highest BCUT2D eigenvalue weighted by atomic mass is 32.2. The second kappa shape index (κ2) is 7.06. The van der Waals surface area contributed by atoms with Crippen molar-refractivity contribution >= 4 is 15.9 Å². The Balaban J connectivity index is 2.18. The van der Waals surface area contributed by atoms with E-state index in [1.165, 1.54) is 10.6 Å². The van der Waals surface area contributed by atoms with Gasteiger partial charge in [-0.05, 0) is 6.42 Å². The molecule has 1 amide bonds. The monoisotopic (exact) mass is 277 g/mol. The Morgan fingerprint density at radius 3 is 2.33 bits per heavy atom. The highest BCUT2D eigenvalue weighted by Gasteiger charge is 2.22. The van der Waals surface area contributed by atoms with Gasteiger partial charge < -0.3 is 5.32 Å². The summed E-state index contributed by atoms with van der Waals surface area (Å²) in [5.41, 5.74) is 0. The molecule has 18 heavy (non-hydrogen) atoms. The van der Waals surface area contributed by atoms with Crippen molar-refractivity contribution < 1.29 is 13.2 Å². The van der Waals surface area contributed by atoms with Crippen molar-refractivity contribution in [1.82, 2.24) is 14.5 Å². The van der Waals surface area contributed by atoms with Gasteiger partial charge in [0.1, 0.15) is 0 Å². The van der Waals surface area contributed by atoms with Gasteiger partial charge in [0, 0.05) is 45.7 Å². The van der Waals surface area contributed by atoms with E-state index in [1.54, 1.807) is 0 Å². The van der Waals surface area contributed by atoms with Gasteiger partial charge in [-0.2, -0.15) is 4.31 Å². The number of carbonyl (C=O) groups excluding carboxylic acids is 1. The molecule has 0 atom stereocenters. The largest absolute Gasteiger partial charge is 0.355 e. The Kier molecular flexibility index (Phi) is 6.04. The number of hydrogen-bond acceptors (Lipinski definition) is 4. The minimum atomic E-state index is -3.05. The third kappa shape index (κ3) is 5.32. The molecule has 0 aromatic rings. The molecule has 0 aliphatic carbocycles. The van der Waals surface area contributed by atoms with Gasteiger partial charge in [0.25, 0.3) is 0 Å². The molecule has 7 heteroatoms. The van der Waals surface area contributed by atoms with Gasteiger partial charge in [0.2, 0.25) is 15.9 Å². The Morgan fingerprint density at radius 2 is 1.83 bits per heavy atom. The maximum absolute atomic E-state index is 11.3. The molecular formula is C11H23N3O3S. The second-order valence-corrected chi connectivity index (χ2v) is 6.59. The van der Waals surface area contributed by atoms with E-state index in [0.29, 0.717) is 26.1 Å². The van der Waals surface area contributed by atoms with Gasteiger partial charge in [-0.15, -0.1) is 0 Å². The Morgan fingerprint density at radius 1 is 1.22 bits per heavy atom. The van der Waals surface area contributed by atoms with Crippen molar-refractivity contribution in [3.8, 4) is 0 Å². The quantitative estimate of drug-likeness (QED) is 0.709. The first kappa shape index (κ1) is 15.4. The van der Waals surface area contributed by atoms with Crippen LogP contribution in [0.5, 0.6) is 0 Å². The molecule has 0 bridgehead atoms. The van der Waals surface area contributed by atoms with Crippen molar-refractivity contribution in [1.29, 1.82) is 0 Å². The minimum absolute atomic E-state index is 0.0901. The molecule has 0 radical (unpaired) electrons. The first-order chi connectivity index (χ1) is 8.43. The number of rotatable bonds is 6. The maximum Gasteiger partial charge on any atom is 0.220 e. The summed E-state index contributed by atoms with van der Waals surface area (Å²) in [6.07, 6.45) is 2.67. The van der Waals surface area contributed by atoms with Crippen LogP contribution in [0, 0.1) is 0 Å². The zero-order valence-electron chi connectivity index (χ0n) is 11.2. The molecule has 1 aliphatic heterocycles. The van der Waals surface area contributed by atoms with E-state index in [4.69, 9.17) is 0 Å². The van der Waals surface area contributed by atoms with E-state index in [2.05, 4.69) is 10.2 Å². The maximum atomic E-state index is 11.3. The lowest BCUT2D eigenvalue weighted by molar-refractivity contribution is -0.121. The molecule has 0 unspecified atom stereocenters. The molecule has 1 heterocycles. The van der Waals surface area contributed by atoms with Crippen molar-refractivity contribution in [3.63, 3.8) is 0 Å². The Bertz CT molecular complexity index is 362. The lowest BCUT2D eigenvalue weighted by atomic mass is 10.3. The smallest absolute Gasteiger partial charge is 0.220 e. The third-order valence-electron chi connectivity index (χ3n) is 3.03. The van der Waals surface area contributed by atoms with Crippen LogP contribution < -0.4 is 5.32 Å². The molecule has 1 aliphatic rings. The summed E-state index contributed by atoms with van der Waals surface area (Å²) in [6, 6.07) is 0. The summed E-state index contributed by atoms with van der Waals surface area (Å²) in [5.74, 6) is 0.0901. The van der Waals surface area contributed by atoms with Crippen LogP contribution >= 0.6 is 0 Å². The SMILES string of the molecule is CCCC(=O)NCCN1CCN(S(C)(=O)=O)CC1. The van der Waals surface area contributed by atoms with Crippen LogP contribution in [0.15, 0.2) is 0 Å². The summed E-state index contributed by atoms with van der Waals surface area (Å²) in [5, 5.41) is 2.86. The fourth-order valence-electron chi connectivity index (χ4n) is 1.95. The standard InChI is InChI=1S/C11H23N3O3S/c1-3-4-11(15)12-5-6-13-7-9-14(10-8-13)18(2,16)17/h3-10H2,1-2H3,(H,12,15). The average molecular weight is 277 g/mol. The molecule has 1 N–H and O–H groups in total. The highest BCUT2D eigenvalue weighted by Crippen LogP contribution is 2.05. The number of amides is 1. The number of sulfonamides is 1. The fraction of sp³-hybridized carbons (Fsp3) is 0.909. The minimum Gasteiger partial charge on any atom is -0.355 e.